The lowest BCUT2D eigenvalue weighted by Crippen LogP contribution is -2.31. The molecule has 0 aromatic heterocycles. The average Bonchev–Trinajstić information content (AvgIpc) is 2.81. The molecule has 0 amide bonds. The maximum Gasteiger partial charge on any atom is 0.0505 e. The minimum Gasteiger partial charge on any atom is -0.398 e. The van der Waals surface area contributed by atoms with Gasteiger partial charge in [-0.25, -0.2) is 0 Å². The summed E-state index contributed by atoms with van der Waals surface area (Å²) in [6, 6.07) is 30.6. The van der Waals surface area contributed by atoms with Gasteiger partial charge in [0, 0.05) is 33.8 Å². The van der Waals surface area contributed by atoms with E-state index >= 15 is 0 Å². The summed E-state index contributed by atoms with van der Waals surface area (Å²) in [7, 11) is 0. The van der Waals surface area contributed by atoms with Crippen LogP contribution in [0.25, 0.3) is 27.8 Å². The quantitative estimate of drug-likeness (QED) is 0.275. The van der Waals surface area contributed by atoms with Gasteiger partial charge in [-0.05, 0) is 68.2 Å². The third-order valence-corrected chi connectivity index (χ3v) is 6.13. The molecule has 1 aliphatic heterocycles. The molecule has 3 nitrogen and oxygen atoms in total. The van der Waals surface area contributed by atoms with Crippen molar-refractivity contribution in [2.75, 3.05) is 16.8 Å². The Bertz CT molecular complexity index is 1330. The van der Waals surface area contributed by atoms with Crippen molar-refractivity contribution in [3.05, 3.63) is 108 Å². The molecule has 0 unspecified atom stereocenters. The predicted molar refractivity (Wildman–Crippen MR) is 149 cm³/mol. The molecule has 0 fully saturated rings. The normalized spacial score (nSPS) is 13.6. The number of allylic oxidation sites excluding steroid dienone is 1. The molecule has 4 aromatic rings. The summed E-state index contributed by atoms with van der Waals surface area (Å²) in [4.78, 5) is 0. The van der Waals surface area contributed by atoms with Crippen LogP contribution in [0.15, 0.2) is 97.1 Å². The van der Waals surface area contributed by atoms with E-state index in [0.717, 1.165) is 33.6 Å². The third kappa shape index (κ3) is 4.99. The van der Waals surface area contributed by atoms with Crippen LogP contribution < -0.4 is 16.8 Å². The van der Waals surface area contributed by atoms with E-state index in [1.807, 2.05) is 54.6 Å². The molecule has 0 saturated heterocycles. The Morgan fingerprint density at radius 1 is 0.618 bits per heavy atom. The van der Waals surface area contributed by atoms with Crippen LogP contribution >= 0.6 is 0 Å². The highest BCUT2D eigenvalue weighted by atomic mass is 15.0. The maximum absolute atomic E-state index is 6.27. The SMILES string of the molecule is CC1=CC(C)(C)Nc2ccccc21.Cc1ccccc1-c1cc(N)c(-c2ccccc2)cc1N. The van der Waals surface area contributed by atoms with Gasteiger partial charge in [-0.3, -0.25) is 0 Å². The highest BCUT2D eigenvalue weighted by molar-refractivity contribution is 5.89. The molecular weight excluding hydrogens is 414 g/mol. The molecular formula is C31H33N3. The maximum atomic E-state index is 6.27. The van der Waals surface area contributed by atoms with Crippen molar-refractivity contribution in [2.45, 2.75) is 33.2 Å². The first-order chi connectivity index (χ1) is 16.2. The number of para-hydroxylation sites is 1. The van der Waals surface area contributed by atoms with E-state index in [-0.39, 0.29) is 5.54 Å². The molecule has 1 aliphatic rings. The van der Waals surface area contributed by atoms with Gasteiger partial charge in [-0.15, -0.1) is 0 Å². The van der Waals surface area contributed by atoms with Crippen LogP contribution in [0.2, 0.25) is 0 Å². The fourth-order valence-corrected chi connectivity index (χ4v) is 4.55. The van der Waals surface area contributed by atoms with Gasteiger partial charge in [0.25, 0.3) is 0 Å². The number of nitrogen functional groups attached to an aromatic ring is 2. The fraction of sp³-hybridized carbons (Fsp3) is 0.161. The topological polar surface area (TPSA) is 64.1 Å². The van der Waals surface area contributed by atoms with E-state index in [1.165, 1.54) is 22.4 Å². The third-order valence-electron chi connectivity index (χ3n) is 6.13. The van der Waals surface area contributed by atoms with E-state index in [9.17, 15) is 0 Å². The van der Waals surface area contributed by atoms with Gasteiger partial charge < -0.3 is 16.8 Å². The Morgan fingerprint density at radius 2 is 1.18 bits per heavy atom. The van der Waals surface area contributed by atoms with E-state index in [2.05, 4.69) is 75.5 Å². The van der Waals surface area contributed by atoms with Crippen LogP contribution in [0.1, 0.15) is 31.9 Å². The van der Waals surface area contributed by atoms with E-state index in [0.29, 0.717) is 0 Å². The summed E-state index contributed by atoms with van der Waals surface area (Å²) in [6.45, 7) is 8.62. The Hall–Kier alpha value is -3.98. The van der Waals surface area contributed by atoms with Crippen LogP contribution in [0.4, 0.5) is 17.1 Å². The standard InChI is InChI=1S/C19H18N2.C12H15N/c1-13-7-5-6-10-15(13)17-12-18(20)16(11-19(17)21)14-8-3-2-4-9-14;1-9-8-12(2,3)13-11-7-5-4-6-10(9)11/h2-12H,20-21H2,1H3;4-8,13H,1-3H3. The van der Waals surface area contributed by atoms with Crippen LogP contribution in [-0.4, -0.2) is 5.54 Å². The van der Waals surface area contributed by atoms with Gasteiger partial charge in [0.15, 0.2) is 0 Å². The molecule has 172 valence electrons. The zero-order valence-electron chi connectivity index (χ0n) is 20.4. The smallest absolute Gasteiger partial charge is 0.0505 e. The van der Waals surface area contributed by atoms with Crippen LogP contribution in [-0.2, 0) is 0 Å². The monoisotopic (exact) mass is 447 g/mol. The Balaban J connectivity index is 0.000000180. The molecule has 1 heterocycles. The first-order valence-electron chi connectivity index (χ1n) is 11.6. The Labute approximate surface area is 203 Å². The first kappa shape index (κ1) is 23.2. The summed E-state index contributed by atoms with van der Waals surface area (Å²) in [5, 5.41) is 3.49. The van der Waals surface area contributed by atoms with Crippen molar-refractivity contribution < 1.29 is 0 Å². The number of nitrogens with one attached hydrogen (secondary N) is 1. The molecule has 4 aromatic carbocycles. The molecule has 0 saturated carbocycles. The fourth-order valence-electron chi connectivity index (χ4n) is 4.55. The largest absolute Gasteiger partial charge is 0.398 e. The summed E-state index contributed by atoms with van der Waals surface area (Å²) < 4.78 is 0. The lowest BCUT2D eigenvalue weighted by molar-refractivity contribution is 0.707. The van der Waals surface area contributed by atoms with Gasteiger partial charge in [0.1, 0.15) is 0 Å². The second-order valence-corrected chi connectivity index (χ2v) is 9.43. The number of benzene rings is 4. The summed E-state index contributed by atoms with van der Waals surface area (Å²) in [6.07, 6.45) is 2.27. The number of fused-ring (bicyclic) bond motifs is 1. The summed E-state index contributed by atoms with van der Waals surface area (Å²) in [5.74, 6) is 0. The Kier molecular flexibility index (Phi) is 6.47. The van der Waals surface area contributed by atoms with Gasteiger partial charge in [0.05, 0.1) is 5.54 Å². The van der Waals surface area contributed by atoms with Crippen LogP contribution in [0, 0.1) is 6.92 Å². The minimum absolute atomic E-state index is 0.0818. The molecule has 5 rings (SSSR count). The molecule has 5 N–H and O–H groups in total. The van der Waals surface area contributed by atoms with E-state index in [4.69, 9.17) is 11.5 Å². The number of rotatable bonds is 2. The van der Waals surface area contributed by atoms with Crippen LogP contribution in [0.3, 0.4) is 0 Å². The lowest BCUT2D eigenvalue weighted by atomic mass is 9.91. The van der Waals surface area contributed by atoms with Gasteiger partial charge >= 0.3 is 0 Å². The molecule has 3 heteroatoms. The van der Waals surface area contributed by atoms with Crippen molar-refractivity contribution in [2.24, 2.45) is 0 Å². The van der Waals surface area contributed by atoms with Crippen molar-refractivity contribution in [3.63, 3.8) is 0 Å². The number of nitrogens with two attached hydrogens (primary N) is 2. The highest BCUT2D eigenvalue weighted by Gasteiger charge is 2.21. The van der Waals surface area contributed by atoms with Crippen molar-refractivity contribution in [1.29, 1.82) is 0 Å². The molecule has 0 radical (unpaired) electrons. The van der Waals surface area contributed by atoms with Gasteiger partial charge in [0.2, 0.25) is 0 Å². The average molecular weight is 448 g/mol. The van der Waals surface area contributed by atoms with E-state index in [1.54, 1.807) is 0 Å². The molecule has 0 spiro atoms. The second kappa shape index (κ2) is 9.48. The lowest BCUT2D eigenvalue weighted by Gasteiger charge is -2.31. The molecule has 0 bridgehead atoms. The van der Waals surface area contributed by atoms with Crippen LogP contribution in [0.5, 0.6) is 0 Å². The van der Waals surface area contributed by atoms with E-state index < -0.39 is 0 Å². The number of hydrogen-bond donors (Lipinski definition) is 3. The molecule has 34 heavy (non-hydrogen) atoms. The number of hydrogen-bond acceptors (Lipinski definition) is 3. The second-order valence-electron chi connectivity index (χ2n) is 9.43. The molecule has 0 atom stereocenters. The number of anilines is 3. The first-order valence-corrected chi connectivity index (χ1v) is 11.6. The number of aryl methyl sites for hydroxylation is 1. The zero-order valence-corrected chi connectivity index (χ0v) is 20.4. The molecule has 0 aliphatic carbocycles. The van der Waals surface area contributed by atoms with Crippen molar-refractivity contribution >= 4 is 22.6 Å². The van der Waals surface area contributed by atoms with Crippen molar-refractivity contribution in [1.82, 2.24) is 0 Å². The zero-order chi connectivity index (χ0) is 24.3. The van der Waals surface area contributed by atoms with Gasteiger partial charge in [-0.2, -0.15) is 0 Å². The summed E-state index contributed by atoms with van der Waals surface area (Å²) >= 11 is 0. The van der Waals surface area contributed by atoms with Gasteiger partial charge in [-0.1, -0.05) is 78.9 Å². The predicted octanol–water partition coefficient (Wildman–Crippen LogP) is 7.79. The summed E-state index contributed by atoms with van der Waals surface area (Å²) in [5.41, 5.74) is 23.4. The minimum atomic E-state index is 0.0818. The highest BCUT2D eigenvalue weighted by Crippen LogP contribution is 2.36. The van der Waals surface area contributed by atoms with Crippen molar-refractivity contribution in [3.8, 4) is 22.3 Å². The Morgan fingerprint density at radius 3 is 1.88 bits per heavy atom.